The fraction of sp³-hybridized carbons (Fsp3) is 0.800. The van der Waals surface area contributed by atoms with Gasteiger partial charge in [-0.05, 0) is 19.9 Å². The van der Waals surface area contributed by atoms with Gasteiger partial charge in [-0.1, -0.05) is 6.58 Å². The number of piperazine rings is 1. The van der Waals surface area contributed by atoms with Crippen molar-refractivity contribution in [2.24, 2.45) is 0 Å². The van der Waals surface area contributed by atoms with Gasteiger partial charge in [-0.2, -0.15) is 13.2 Å². The fourth-order valence-corrected chi connectivity index (χ4v) is 2.51. The Morgan fingerprint density at radius 3 is 2.07 bits per heavy atom. The second-order valence-electron chi connectivity index (χ2n) is 4.40. The lowest BCUT2D eigenvalue weighted by Gasteiger charge is -2.41. The molecule has 0 saturated carbocycles. The Labute approximate surface area is 87.3 Å². The van der Waals surface area contributed by atoms with Crippen molar-refractivity contribution in [1.29, 1.82) is 0 Å². The summed E-state index contributed by atoms with van der Waals surface area (Å²) >= 11 is 0. The molecule has 2 saturated heterocycles. The van der Waals surface area contributed by atoms with Crippen molar-refractivity contribution in [1.82, 2.24) is 9.80 Å². The predicted molar refractivity (Wildman–Crippen MR) is 51.3 cm³/mol. The molecule has 2 fully saturated rings. The number of rotatable bonds is 1. The van der Waals surface area contributed by atoms with Gasteiger partial charge in [-0.25, -0.2) is 0 Å². The molecule has 2 bridgehead atoms. The number of likely N-dealkylation sites (tertiary alicyclic amines) is 1. The zero-order valence-electron chi connectivity index (χ0n) is 8.72. The number of alkyl halides is 3. The number of halogens is 3. The Kier molecular flexibility index (Phi) is 2.45. The van der Waals surface area contributed by atoms with E-state index >= 15 is 0 Å². The van der Waals surface area contributed by atoms with Gasteiger partial charge in [0.2, 0.25) is 0 Å². The highest BCUT2D eigenvalue weighted by Crippen LogP contribution is 2.34. The van der Waals surface area contributed by atoms with Crippen LogP contribution in [0.3, 0.4) is 0 Å². The largest absolute Gasteiger partial charge is 0.430 e. The Bertz CT molecular complexity index is 260. The Morgan fingerprint density at radius 2 is 1.67 bits per heavy atom. The van der Waals surface area contributed by atoms with Gasteiger partial charge >= 0.3 is 6.18 Å². The first-order valence-corrected chi connectivity index (χ1v) is 5.12. The van der Waals surface area contributed by atoms with Gasteiger partial charge in [0, 0.05) is 25.2 Å². The normalized spacial score (nSPS) is 32.1. The zero-order valence-corrected chi connectivity index (χ0v) is 8.72. The van der Waals surface area contributed by atoms with E-state index in [0.29, 0.717) is 13.1 Å². The van der Waals surface area contributed by atoms with Crippen molar-refractivity contribution >= 4 is 0 Å². The molecule has 86 valence electrons. The van der Waals surface area contributed by atoms with E-state index in [9.17, 15) is 13.2 Å². The number of hydrogen-bond acceptors (Lipinski definition) is 2. The average molecular weight is 220 g/mol. The molecular formula is C10H15F3N2. The molecule has 2 unspecified atom stereocenters. The smallest absolute Gasteiger partial charge is 0.365 e. The van der Waals surface area contributed by atoms with Gasteiger partial charge < -0.3 is 4.90 Å². The quantitative estimate of drug-likeness (QED) is 0.665. The van der Waals surface area contributed by atoms with E-state index in [1.54, 1.807) is 0 Å². The predicted octanol–water partition coefficient (Wildman–Crippen LogP) is 1.84. The second-order valence-corrected chi connectivity index (χ2v) is 4.40. The molecule has 0 radical (unpaired) electrons. The summed E-state index contributed by atoms with van der Waals surface area (Å²) < 4.78 is 37.4. The highest BCUT2D eigenvalue weighted by atomic mass is 19.4. The first-order valence-electron chi connectivity index (χ1n) is 5.12. The zero-order chi connectivity index (χ0) is 11.2. The molecule has 2 rings (SSSR count). The first kappa shape index (κ1) is 10.8. The average Bonchev–Trinajstić information content (AvgIpc) is 2.40. The first-order chi connectivity index (χ1) is 6.89. The van der Waals surface area contributed by atoms with E-state index < -0.39 is 11.9 Å². The summed E-state index contributed by atoms with van der Waals surface area (Å²) in [5, 5.41) is 0. The van der Waals surface area contributed by atoms with Crippen LogP contribution in [-0.4, -0.2) is 48.2 Å². The standard InChI is InChI=1S/C10H15F3N2/c1-7(10(11,12)13)15-5-8-3-4-9(6-15)14(8)2/h8-9H,1,3-6H2,2H3. The number of likely N-dealkylation sites (N-methyl/N-ethyl adjacent to an activating group) is 1. The SMILES string of the molecule is C=C(N1CC2CCC(C1)N2C)C(F)(F)F. The van der Waals surface area contributed by atoms with Gasteiger partial charge in [0.25, 0.3) is 0 Å². The van der Waals surface area contributed by atoms with Crippen LogP contribution in [0.5, 0.6) is 0 Å². The summed E-state index contributed by atoms with van der Waals surface area (Å²) in [6, 6.07) is 0.533. The minimum absolute atomic E-state index is 0.267. The van der Waals surface area contributed by atoms with Crippen molar-refractivity contribution in [2.75, 3.05) is 20.1 Å². The lowest BCUT2D eigenvalue weighted by Crippen LogP contribution is -2.52. The minimum Gasteiger partial charge on any atom is -0.365 e. The van der Waals surface area contributed by atoms with Crippen LogP contribution in [0.2, 0.25) is 0 Å². The maximum Gasteiger partial charge on any atom is 0.430 e. The molecule has 2 nitrogen and oxygen atoms in total. The summed E-state index contributed by atoms with van der Waals surface area (Å²) in [7, 11) is 2.00. The van der Waals surface area contributed by atoms with Crippen LogP contribution in [0.15, 0.2) is 12.3 Å². The number of nitrogens with zero attached hydrogens (tertiary/aromatic N) is 2. The molecule has 0 aliphatic carbocycles. The van der Waals surface area contributed by atoms with Crippen molar-refractivity contribution in [3.8, 4) is 0 Å². The van der Waals surface area contributed by atoms with Gasteiger partial charge in [-0.15, -0.1) is 0 Å². The van der Waals surface area contributed by atoms with Crippen LogP contribution in [-0.2, 0) is 0 Å². The molecule has 2 aliphatic rings. The van der Waals surface area contributed by atoms with Crippen LogP contribution < -0.4 is 0 Å². The third-order valence-electron chi connectivity index (χ3n) is 3.56. The van der Waals surface area contributed by atoms with Gasteiger partial charge in [0.1, 0.15) is 5.70 Å². The highest BCUT2D eigenvalue weighted by Gasteiger charge is 2.43. The minimum atomic E-state index is -4.28. The summed E-state index contributed by atoms with van der Waals surface area (Å²) in [6.45, 7) is 4.08. The molecule has 2 heterocycles. The number of fused-ring (bicyclic) bond motifs is 2. The molecule has 15 heavy (non-hydrogen) atoms. The molecule has 0 N–H and O–H groups in total. The summed E-state index contributed by atoms with van der Waals surface area (Å²) in [4.78, 5) is 3.59. The third kappa shape index (κ3) is 1.85. The van der Waals surface area contributed by atoms with Crippen LogP contribution in [0, 0.1) is 0 Å². The van der Waals surface area contributed by atoms with Gasteiger partial charge in [0.05, 0.1) is 0 Å². The van der Waals surface area contributed by atoms with Crippen molar-refractivity contribution in [3.63, 3.8) is 0 Å². The summed E-state index contributed by atoms with van der Waals surface area (Å²) in [6.07, 6.45) is -2.28. The Balaban J connectivity index is 2.06. The summed E-state index contributed by atoms with van der Waals surface area (Å²) in [5.74, 6) is 0. The van der Waals surface area contributed by atoms with E-state index in [2.05, 4.69) is 11.5 Å². The van der Waals surface area contributed by atoms with Crippen LogP contribution in [0.4, 0.5) is 13.2 Å². The lowest BCUT2D eigenvalue weighted by atomic mass is 10.2. The number of allylic oxidation sites excluding steroid dienone is 1. The molecule has 0 aromatic heterocycles. The van der Waals surface area contributed by atoms with Crippen molar-refractivity contribution in [2.45, 2.75) is 31.1 Å². The third-order valence-corrected chi connectivity index (χ3v) is 3.56. The van der Waals surface area contributed by atoms with Gasteiger partial charge in [-0.3, -0.25) is 4.90 Å². The van der Waals surface area contributed by atoms with E-state index in [1.807, 2.05) is 7.05 Å². The maximum absolute atomic E-state index is 12.5. The fourth-order valence-electron chi connectivity index (χ4n) is 2.51. The molecule has 2 atom stereocenters. The highest BCUT2D eigenvalue weighted by molar-refractivity contribution is 5.07. The molecule has 0 aromatic rings. The van der Waals surface area contributed by atoms with Crippen LogP contribution >= 0.6 is 0 Å². The van der Waals surface area contributed by atoms with E-state index in [1.165, 1.54) is 4.90 Å². The van der Waals surface area contributed by atoms with E-state index in [4.69, 9.17) is 0 Å². The molecular weight excluding hydrogens is 205 g/mol. The maximum atomic E-state index is 12.5. The molecule has 0 aromatic carbocycles. The topological polar surface area (TPSA) is 6.48 Å². The van der Waals surface area contributed by atoms with E-state index in [-0.39, 0.29) is 12.1 Å². The monoisotopic (exact) mass is 220 g/mol. The Hall–Kier alpha value is -0.710. The molecule has 0 amide bonds. The number of hydrogen-bond donors (Lipinski definition) is 0. The summed E-state index contributed by atoms with van der Waals surface area (Å²) in [5.41, 5.74) is -0.687. The van der Waals surface area contributed by atoms with Crippen molar-refractivity contribution < 1.29 is 13.2 Å². The Morgan fingerprint density at radius 1 is 1.20 bits per heavy atom. The van der Waals surface area contributed by atoms with Crippen LogP contribution in [0.1, 0.15) is 12.8 Å². The van der Waals surface area contributed by atoms with Crippen LogP contribution in [0.25, 0.3) is 0 Å². The van der Waals surface area contributed by atoms with Crippen molar-refractivity contribution in [3.05, 3.63) is 12.3 Å². The lowest BCUT2D eigenvalue weighted by molar-refractivity contribution is -0.115. The van der Waals surface area contributed by atoms with E-state index in [0.717, 1.165) is 12.8 Å². The van der Waals surface area contributed by atoms with Gasteiger partial charge in [0.15, 0.2) is 0 Å². The molecule has 5 heteroatoms. The molecule has 0 spiro atoms. The second kappa shape index (κ2) is 3.40. The molecule has 2 aliphatic heterocycles.